The van der Waals surface area contributed by atoms with E-state index in [-0.39, 0.29) is 5.91 Å². The van der Waals surface area contributed by atoms with E-state index in [0.717, 1.165) is 34.6 Å². The number of ether oxygens (including phenoxy) is 1. The Kier molecular flexibility index (Phi) is 5.04. The van der Waals surface area contributed by atoms with Crippen LogP contribution in [0.1, 0.15) is 36.0 Å². The van der Waals surface area contributed by atoms with Crippen LogP contribution in [-0.4, -0.2) is 56.3 Å². The summed E-state index contributed by atoms with van der Waals surface area (Å²) in [4.78, 5) is 24.5. The minimum atomic E-state index is -0.823. The summed E-state index contributed by atoms with van der Waals surface area (Å²) in [5.74, 6) is 1.99. The van der Waals surface area contributed by atoms with Crippen molar-refractivity contribution in [2.75, 3.05) is 20.2 Å². The fourth-order valence-corrected chi connectivity index (χ4v) is 5.07. The molecule has 7 nitrogen and oxygen atoms in total. The van der Waals surface area contributed by atoms with Gasteiger partial charge in [-0.2, -0.15) is 0 Å². The Morgan fingerprint density at radius 3 is 2.71 bits per heavy atom. The molecule has 1 saturated heterocycles. The van der Waals surface area contributed by atoms with Gasteiger partial charge in [0.1, 0.15) is 23.1 Å². The zero-order valence-corrected chi connectivity index (χ0v) is 19.5. The molecule has 1 saturated carbocycles. The molecule has 0 bridgehead atoms. The second-order valence-electron chi connectivity index (χ2n) is 9.51. The standard InChI is InChI=1S/C26H28FN5O2/c1-30-23-20(12-18(14-22(23)34-2)26(33)31-10-7-19(27)8-11-31)29-25(30)21-13-17-4-3-9-28-24(17)32(21)15-16-5-6-16/h3-4,9,12-14,16,19H,5-8,10-11,15H2,1-2H3. The third-order valence-corrected chi connectivity index (χ3v) is 7.14. The van der Waals surface area contributed by atoms with Crippen molar-refractivity contribution < 1.29 is 13.9 Å². The van der Waals surface area contributed by atoms with E-state index >= 15 is 0 Å². The van der Waals surface area contributed by atoms with Crippen molar-refractivity contribution in [3.8, 4) is 17.3 Å². The van der Waals surface area contributed by atoms with E-state index in [0.29, 0.717) is 48.7 Å². The van der Waals surface area contributed by atoms with Crippen molar-refractivity contribution in [2.24, 2.45) is 13.0 Å². The van der Waals surface area contributed by atoms with Crippen molar-refractivity contribution in [2.45, 2.75) is 38.4 Å². The normalized spacial score (nSPS) is 17.1. The molecule has 4 aromatic rings. The fourth-order valence-electron chi connectivity index (χ4n) is 5.07. The number of imidazole rings is 1. The molecule has 1 amide bonds. The van der Waals surface area contributed by atoms with Crippen LogP contribution in [-0.2, 0) is 13.6 Å². The van der Waals surface area contributed by atoms with Crippen LogP contribution in [0.25, 0.3) is 33.6 Å². The number of hydrogen-bond acceptors (Lipinski definition) is 4. The van der Waals surface area contributed by atoms with Crippen LogP contribution in [0, 0.1) is 5.92 Å². The lowest BCUT2D eigenvalue weighted by Crippen LogP contribution is -2.39. The molecule has 0 radical (unpaired) electrons. The first-order valence-electron chi connectivity index (χ1n) is 12.0. The Bertz CT molecular complexity index is 1400. The predicted molar refractivity (Wildman–Crippen MR) is 129 cm³/mol. The Hall–Kier alpha value is -3.42. The number of pyridine rings is 1. The molecule has 1 aliphatic carbocycles. The summed E-state index contributed by atoms with van der Waals surface area (Å²) in [6.07, 6.45) is 4.27. The van der Waals surface area contributed by atoms with Gasteiger partial charge in [0.25, 0.3) is 5.91 Å². The maximum atomic E-state index is 13.6. The van der Waals surface area contributed by atoms with E-state index in [4.69, 9.17) is 9.72 Å². The summed E-state index contributed by atoms with van der Waals surface area (Å²) in [6, 6.07) is 9.78. The number of fused-ring (bicyclic) bond motifs is 2. The summed E-state index contributed by atoms with van der Waals surface area (Å²) < 4.78 is 23.6. The monoisotopic (exact) mass is 461 g/mol. The average molecular weight is 462 g/mol. The Morgan fingerprint density at radius 2 is 1.97 bits per heavy atom. The van der Waals surface area contributed by atoms with E-state index in [1.165, 1.54) is 12.8 Å². The lowest BCUT2D eigenvalue weighted by Gasteiger charge is -2.28. The van der Waals surface area contributed by atoms with Crippen molar-refractivity contribution in [3.05, 3.63) is 42.1 Å². The van der Waals surface area contributed by atoms with Gasteiger partial charge in [-0.1, -0.05) is 0 Å². The van der Waals surface area contributed by atoms with Crippen molar-refractivity contribution in [3.63, 3.8) is 0 Å². The van der Waals surface area contributed by atoms with Gasteiger partial charge in [0.05, 0.1) is 18.3 Å². The lowest BCUT2D eigenvalue weighted by atomic mass is 10.1. The quantitative estimate of drug-likeness (QED) is 0.436. The van der Waals surface area contributed by atoms with Gasteiger partial charge in [0.15, 0.2) is 5.82 Å². The molecular weight excluding hydrogens is 433 g/mol. The second kappa shape index (κ2) is 8.11. The molecule has 3 aromatic heterocycles. The Labute approximate surface area is 197 Å². The van der Waals surface area contributed by atoms with Crippen LogP contribution in [0.5, 0.6) is 5.75 Å². The number of hydrogen-bond donors (Lipinski definition) is 0. The number of halogens is 1. The summed E-state index contributed by atoms with van der Waals surface area (Å²) in [7, 11) is 3.59. The molecule has 0 unspecified atom stereocenters. The van der Waals surface area contributed by atoms with Crippen LogP contribution in [0.3, 0.4) is 0 Å². The SMILES string of the molecule is COc1cc(C(=O)N2CCC(F)CC2)cc2nc(-c3cc4cccnc4n3CC3CC3)n(C)c12. The maximum absolute atomic E-state index is 13.6. The molecule has 0 atom stereocenters. The van der Waals surface area contributed by atoms with E-state index in [2.05, 4.69) is 21.7 Å². The molecule has 1 aliphatic heterocycles. The fraction of sp³-hybridized carbons (Fsp3) is 0.423. The average Bonchev–Trinajstić information content (AvgIpc) is 3.52. The highest BCUT2D eigenvalue weighted by Gasteiger charge is 2.28. The summed E-state index contributed by atoms with van der Waals surface area (Å²) in [6.45, 7) is 1.79. The third kappa shape index (κ3) is 3.52. The molecule has 2 aliphatic rings. The van der Waals surface area contributed by atoms with Gasteiger partial charge in [-0.25, -0.2) is 14.4 Å². The van der Waals surface area contributed by atoms with Gasteiger partial charge in [-0.15, -0.1) is 0 Å². The molecule has 6 rings (SSSR count). The van der Waals surface area contributed by atoms with Gasteiger partial charge in [-0.3, -0.25) is 4.79 Å². The molecule has 0 spiro atoms. The minimum Gasteiger partial charge on any atom is -0.494 e. The highest BCUT2D eigenvalue weighted by Crippen LogP contribution is 2.37. The molecule has 1 aromatic carbocycles. The number of alkyl halides is 1. The highest BCUT2D eigenvalue weighted by molar-refractivity contribution is 6.00. The van der Waals surface area contributed by atoms with Gasteiger partial charge < -0.3 is 18.8 Å². The minimum absolute atomic E-state index is 0.105. The van der Waals surface area contributed by atoms with Crippen LogP contribution in [0.2, 0.25) is 0 Å². The molecule has 0 N–H and O–H groups in total. The van der Waals surface area contributed by atoms with E-state index in [9.17, 15) is 9.18 Å². The lowest BCUT2D eigenvalue weighted by molar-refractivity contribution is 0.0667. The van der Waals surface area contributed by atoms with Gasteiger partial charge in [-0.05, 0) is 61.9 Å². The first-order valence-corrected chi connectivity index (χ1v) is 12.0. The Morgan fingerprint density at radius 1 is 1.18 bits per heavy atom. The number of methoxy groups -OCH3 is 1. The van der Waals surface area contributed by atoms with Gasteiger partial charge in [0, 0.05) is 43.8 Å². The van der Waals surface area contributed by atoms with Crippen LogP contribution < -0.4 is 4.74 Å². The van der Waals surface area contributed by atoms with Crippen molar-refractivity contribution >= 4 is 28.0 Å². The number of likely N-dealkylation sites (tertiary alicyclic amines) is 1. The van der Waals surface area contributed by atoms with Crippen molar-refractivity contribution in [1.82, 2.24) is 24.0 Å². The largest absolute Gasteiger partial charge is 0.494 e. The van der Waals surface area contributed by atoms with E-state index in [1.54, 1.807) is 18.1 Å². The smallest absolute Gasteiger partial charge is 0.254 e. The number of amides is 1. The number of piperidine rings is 1. The summed E-state index contributed by atoms with van der Waals surface area (Å²) in [5.41, 5.74) is 4.05. The number of carbonyl (C=O) groups is 1. The molecule has 4 heterocycles. The molecule has 176 valence electrons. The number of aromatic nitrogens is 4. The number of aryl methyl sites for hydroxylation is 1. The number of benzene rings is 1. The van der Waals surface area contributed by atoms with E-state index < -0.39 is 6.17 Å². The number of nitrogens with zero attached hydrogens (tertiary/aromatic N) is 5. The van der Waals surface area contributed by atoms with Crippen LogP contribution >= 0.6 is 0 Å². The zero-order chi connectivity index (χ0) is 23.4. The van der Waals surface area contributed by atoms with Gasteiger partial charge >= 0.3 is 0 Å². The highest BCUT2D eigenvalue weighted by atomic mass is 19.1. The number of rotatable bonds is 5. The van der Waals surface area contributed by atoms with Gasteiger partial charge in [0.2, 0.25) is 0 Å². The van der Waals surface area contributed by atoms with E-state index in [1.807, 2.05) is 29.9 Å². The number of carbonyl (C=O) groups excluding carboxylic acids is 1. The maximum Gasteiger partial charge on any atom is 0.254 e. The molecular formula is C26H28FN5O2. The Balaban J connectivity index is 1.46. The third-order valence-electron chi connectivity index (χ3n) is 7.14. The first kappa shape index (κ1) is 21.1. The zero-order valence-electron chi connectivity index (χ0n) is 19.5. The summed E-state index contributed by atoms with van der Waals surface area (Å²) in [5, 5.41) is 1.09. The molecule has 34 heavy (non-hydrogen) atoms. The molecule has 2 fully saturated rings. The van der Waals surface area contributed by atoms with Crippen molar-refractivity contribution in [1.29, 1.82) is 0 Å². The van der Waals surface area contributed by atoms with Crippen LogP contribution in [0.15, 0.2) is 36.5 Å². The molecule has 8 heteroatoms. The van der Waals surface area contributed by atoms with Crippen LogP contribution in [0.4, 0.5) is 4.39 Å². The second-order valence-corrected chi connectivity index (χ2v) is 9.51. The first-order chi connectivity index (χ1) is 16.5. The topological polar surface area (TPSA) is 65.2 Å². The predicted octanol–water partition coefficient (Wildman–Crippen LogP) is 4.58. The summed E-state index contributed by atoms with van der Waals surface area (Å²) >= 11 is 0.